The Bertz CT molecular complexity index is 967. The lowest BCUT2D eigenvalue weighted by molar-refractivity contribution is -0.128. The van der Waals surface area contributed by atoms with Gasteiger partial charge >= 0.3 is 0 Å². The molecule has 0 saturated heterocycles. The number of halogens is 1. The highest BCUT2D eigenvalue weighted by atomic mass is 35.5. The highest BCUT2D eigenvalue weighted by Crippen LogP contribution is 2.36. The molecule has 1 aliphatic rings. The summed E-state index contributed by atoms with van der Waals surface area (Å²) >= 11 is 7.41. The number of thioether (sulfide) groups is 1. The third-order valence-electron chi connectivity index (χ3n) is 4.70. The van der Waals surface area contributed by atoms with Crippen molar-refractivity contribution >= 4 is 46.8 Å². The zero-order chi connectivity index (χ0) is 21.8. The smallest absolute Gasteiger partial charge is 0.274 e. The van der Waals surface area contributed by atoms with E-state index in [-0.39, 0.29) is 24.4 Å². The lowest BCUT2D eigenvalue weighted by Crippen LogP contribution is -2.44. The zero-order valence-corrected chi connectivity index (χ0v) is 18.1. The molecule has 3 amide bonds. The van der Waals surface area contributed by atoms with Gasteiger partial charge in [0.05, 0.1) is 18.3 Å². The van der Waals surface area contributed by atoms with Gasteiger partial charge in [-0.2, -0.15) is 0 Å². The maximum atomic E-state index is 13.0. The lowest BCUT2D eigenvalue weighted by atomic mass is 10.1. The number of anilines is 1. The van der Waals surface area contributed by atoms with Crippen LogP contribution in [0.25, 0.3) is 0 Å². The summed E-state index contributed by atoms with van der Waals surface area (Å²) in [6.45, 7) is 2.11. The Balaban J connectivity index is 1.97. The van der Waals surface area contributed by atoms with E-state index in [1.165, 1.54) is 11.8 Å². The molecular weight excluding hydrogens is 424 g/mol. The number of amides is 3. The van der Waals surface area contributed by atoms with Crippen molar-refractivity contribution in [2.45, 2.75) is 37.2 Å². The monoisotopic (exact) mass is 446 g/mol. The Hall–Kier alpha value is -2.39. The van der Waals surface area contributed by atoms with Crippen molar-refractivity contribution in [1.82, 2.24) is 5.01 Å². The number of nitrogens with two attached hydrogens (primary N) is 2. The number of hydrogen-bond donors (Lipinski definition) is 2. The average Bonchev–Trinajstić information content (AvgIpc) is 2.86. The van der Waals surface area contributed by atoms with E-state index in [1.54, 1.807) is 35.2 Å². The van der Waals surface area contributed by atoms with Crippen LogP contribution in [0.2, 0.25) is 5.02 Å². The van der Waals surface area contributed by atoms with Crippen LogP contribution in [0.3, 0.4) is 0 Å². The molecule has 2 aromatic rings. The number of carbonyl (C=O) groups excluding carboxylic acids is 3. The molecule has 0 aliphatic carbocycles. The number of imide groups is 1. The van der Waals surface area contributed by atoms with Gasteiger partial charge in [-0.25, -0.2) is 10.9 Å². The molecule has 1 aliphatic heterocycles. The van der Waals surface area contributed by atoms with Crippen LogP contribution < -0.4 is 16.5 Å². The molecule has 0 unspecified atom stereocenters. The number of fused-ring (bicyclic) bond motifs is 1. The van der Waals surface area contributed by atoms with Crippen molar-refractivity contribution in [3.63, 3.8) is 0 Å². The third-order valence-corrected chi connectivity index (χ3v) is 6.14. The van der Waals surface area contributed by atoms with Crippen LogP contribution in [-0.2, 0) is 16.1 Å². The molecule has 7 nitrogen and oxygen atoms in total. The van der Waals surface area contributed by atoms with Crippen molar-refractivity contribution < 1.29 is 14.4 Å². The van der Waals surface area contributed by atoms with Gasteiger partial charge in [-0.3, -0.25) is 14.4 Å². The maximum Gasteiger partial charge on any atom is 0.274 e. The first-order valence-corrected chi connectivity index (χ1v) is 10.9. The number of nitrogens with zero attached hydrogens (tertiary/aromatic N) is 2. The Labute approximate surface area is 184 Å². The fourth-order valence-electron chi connectivity index (χ4n) is 3.08. The van der Waals surface area contributed by atoms with Crippen molar-refractivity contribution in [2.75, 3.05) is 10.7 Å². The SMILES string of the molecule is CCCC(=O)N(N)C(=O)c1ccc2c(c1)N(Cc1ccc(Cl)cc1)C(=O)[C@@H](N)CS2. The second kappa shape index (κ2) is 9.61. The molecule has 9 heteroatoms. The third kappa shape index (κ3) is 4.84. The minimum atomic E-state index is -0.675. The molecule has 3 rings (SSSR count). The standard InChI is InChI=1S/C21H23ClN4O3S/c1-2-3-19(27)26(24)20(28)14-6-9-18-17(10-14)25(21(29)16(23)12-30-18)11-13-4-7-15(22)8-5-13/h4-10,16H,2-3,11-12,23-24H2,1H3/t16-/m0/s1. The normalized spacial score (nSPS) is 16.1. The lowest BCUT2D eigenvalue weighted by Gasteiger charge is -2.25. The van der Waals surface area contributed by atoms with Gasteiger partial charge in [-0.05, 0) is 42.3 Å². The van der Waals surface area contributed by atoms with Gasteiger partial charge in [0.15, 0.2) is 0 Å². The Kier molecular flexibility index (Phi) is 7.14. The largest absolute Gasteiger partial charge is 0.319 e. The summed E-state index contributed by atoms with van der Waals surface area (Å²) in [6, 6.07) is 11.4. The molecule has 1 atom stereocenters. The summed E-state index contributed by atoms with van der Waals surface area (Å²) < 4.78 is 0. The van der Waals surface area contributed by atoms with Gasteiger partial charge < -0.3 is 10.6 Å². The van der Waals surface area contributed by atoms with E-state index in [0.29, 0.717) is 27.9 Å². The van der Waals surface area contributed by atoms with Gasteiger partial charge in [0.1, 0.15) is 0 Å². The summed E-state index contributed by atoms with van der Waals surface area (Å²) in [5, 5.41) is 1.23. The van der Waals surface area contributed by atoms with Crippen LogP contribution in [0.4, 0.5) is 5.69 Å². The predicted octanol–water partition coefficient (Wildman–Crippen LogP) is 2.95. The van der Waals surface area contributed by atoms with Gasteiger partial charge in [0.25, 0.3) is 5.91 Å². The predicted molar refractivity (Wildman–Crippen MR) is 118 cm³/mol. The first-order valence-electron chi connectivity index (χ1n) is 9.52. The Morgan fingerprint density at radius 2 is 1.93 bits per heavy atom. The van der Waals surface area contributed by atoms with Crippen LogP contribution >= 0.6 is 23.4 Å². The second-order valence-corrected chi connectivity index (χ2v) is 8.47. The molecule has 0 fully saturated rings. The summed E-state index contributed by atoms with van der Waals surface area (Å²) in [5.41, 5.74) is 7.73. The van der Waals surface area contributed by atoms with E-state index >= 15 is 0 Å². The molecular formula is C21H23ClN4O3S. The van der Waals surface area contributed by atoms with Gasteiger partial charge in [0.2, 0.25) is 11.8 Å². The number of benzene rings is 2. The first-order chi connectivity index (χ1) is 14.3. The molecule has 2 aromatic carbocycles. The molecule has 0 bridgehead atoms. The van der Waals surface area contributed by atoms with Crippen LogP contribution in [0.1, 0.15) is 35.7 Å². The molecule has 1 heterocycles. The van der Waals surface area contributed by atoms with E-state index < -0.39 is 17.9 Å². The van der Waals surface area contributed by atoms with E-state index in [1.807, 2.05) is 19.1 Å². The molecule has 0 radical (unpaired) electrons. The van der Waals surface area contributed by atoms with Crippen LogP contribution in [0.5, 0.6) is 0 Å². The van der Waals surface area contributed by atoms with Crippen molar-refractivity contribution in [3.05, 3.63) is 58.6 Å². The summed E-state index contributed by atoms with van der Waals surface area (Å²) in [6.07, 6.45) is 0.765. The minimum Gasteiger partial charge on any atom is -0.319 e. The highest BCUT2D eigenvalue weighted by Gasteiger charge is 2.30. The van der Waals surface area contributed by atoms with Crippen molar-refractivity contribution in [1.29, 1.82) is 0 Å². The molecule has 158 valence electrons. The second-order valence-electron chi connectivity index (χ2n) is 6.97. The number of carbonyl (C=O) groups is 3. The number of hydrogen-bond acceptors (Lipinski definition) is 6. The van der Waals surface area contributed by atoms with Crippen molar-refractivity contribution in [3.8, 4) is 0 Å². The Morgan fingerprint density at radius 3 is 2.60 bits per heavy atom. The molecule has 0 saturated carbocycles. The molecule has 0 spiro atoms. The fourth-order valence-corrected chi connectivity index (χ4v) is 4.18. The van der Waals surface area contributed by atoms with E-state index in [0.717, 1.165) is 10.5 Å². The number of rotatable bonds is 5. The van der Waals surface area contributed by atoms with E-state index in [4.69, 9.17) is 23.2 Å². The Morgan fingerprint density at radius 1 is 1.23 bits per heavy atom. The molecule has 0 aromatic heterocycles. The maximum absolute atomic E-state index is 13.0. The van der Waals surface area contributed by atoms with E-state index in [9.17, 15) is 14.4 Å². The summed E-state index contributed by atoms with van der Waals surface area (Å²) in [4.78, 5) is 40.1. The molecule has 4 N–H and O–H groups in total. The fraction of sp³-hybridized carbons (Fsp3) is 0.286. The molecule has 30 heavy (non-hydrogen) atoms. The van der Waals surface area contributed by atoms with Gasteiger partial charge in [-0.1, -0.05) is 30.7 Å². The minimum absolute atomic E-state index is 0.180. The van der Waals surface area contributed by atoms with Gasteiger partial charge in [0, 0.05) is 27.7 Å². The number of hydrazine groups is 1. The van der Waals surface area contributed by atoms with Crippen LogP contribution in [-0.4, -0.2) is 34.5 Å². The summed E-state index contributed by atoms with van der Waals surface area (Å²) in [5.74, 6) is 4.83. The topological polar surface area (TPSA) is 110 Å². The van der Waals surface area contributed by atoms with Gasteiger partial charge in [-0.15, -0.1) is 11.8 Å². The van der Waals surface area contributed by atoms with Crippen LogP contribution in [0.15, 0.2) is 47.4 Å². The van der Waals surface area contributed by atoms with E-state index in [2.05, 4.69) is 0 Å². The quantitative estimate of drug-likeness (QED) is 0.415. The first kappa shape index (κ1) is 22.3. The van der Waals surface area contributed by atoms with Crippen molar-refractivity contribution in [2.24, 2.45) is 11.6 Å². The zero-order valence-electron chi connectivity index (χ0n) is 16.5. The van der Waals surface area contributed by atoms with Crippen LogP contribution in [0, 0.1) is 0 Å². The average molecular weight is 447 g/mol. The summed E-state index contributed by atoms with van der Waals surface area (Å²) in [7, 11) is 0. The highest BCUT2D eigenvalue weighted by molar-refractivity contribution is 7.99.